The standard InChI is InChI=1S/C19H18O2/c1-13-9-10-15(12-19(20)21)18(11-13)17-8-4-6-14-5-2-3-7-16(14)17/h2-3,5,7-11H,4,6,12H2,1H3,(H,20,21). The molecule has 1 N–H and O–H groups in total. The molecule has 0 aliphatic heterocycles. The summed E-state index contributed by atoms with van der Waals surface area (Å²) in [5.74, 6) is -0.787. The van der Waals surface area contributed by atoms with Crippen molar-refractivity contribution in [2.24, 2.45) is 0 Å². The van der Waals surface area contributed by atoms with Crippen molar-refractivity contribution in [2.75, 3.05) is 0 Å². The van der Waals surface area contributed by atoms with E-state index in [-0.39, 0.29) is 6.42 Å². The highest BCUT2D eigenvalue weighted by molar-refractivity contribution is 5.86. The van der Waals surface area contributed by atoms with Crippen LogP contribution < -0.4 is 0 Å². The minimum absolute atomic E-state index is 0.0646. The van der Waals surface area contributed by atoms with Crippen molar-refractivity contribution in [3.8, 4) is 0 Å². The molecule has 2 aromatic carbocycles. The average Bonchev–Trinajstić information content (AvgIpc) is 2.48. The number of fused-ring (bicyclic) bond motifs is 1. The van der Waals surface area contributed by atoms with Crippen LogP contribution in [0, 0.1) is 6.92 Å². The van der Waals surface area contributed by atoms with Crippen LogP contribution in [0.4, 0.5) is 0 Å². The third-order valence-corrected chi connectivity index (χ3v) is 3.97. The fraction of sp³-hybridized carbons (Fsp3) is 0.211. The second kappa shape index (κ2) is 5.57. The Balaban J connectivity index is 2.14. The van der Waals surface area contributed by atoms with Crippen LogP contribution >= 0.6 is 0 Å². The quantitative estimate of drug-likeness (QED) is 0.921. The zero-order chi connectivity index (χ0) is 14.8. The third kappa shape index (κ3) is 2.75. The molecule has 0 spiro atoms. The fourth-order valence-electron chi connectivity index (χ4n) is 3.00. The van der Waals surface area contributed by atoms with Crippen molar-refractivity contribution < 1.29 is 9.90 Å². The molecule has 2 heteroatoms. The fourth-order valence-corrected chi connectivity index (χ4v) is 3.00. The summed E-state index contributed by atoms with van der Waals surface area (Å²) in [6, 6.07) is 14.4. The number of aryl methyl sites for hydroxylation is 2. The SMILES string of the molecule is Cc1ccc(CC(=O)O)c(C2=CCCc3ccccc32)c1. The topological polar surface area (TPSA) is 37.3 Å². The van der Waals surface area contributed by atoms with Gasteiger partial charge in [-0.25, -0.2) is 0 Å². The number of hydrogen-bond acceptors (Lipinski definition) is 1. The summed E-state index contributed by atoms with van der Waals surface area (Å²) in [7, 11) is 0. The van der Waals surface area contributed by atoms with Gasteiger partial charge in [0.05, 0.1) is 6.42 Å². The van der Waals surface area contributed by atoms with Crippen LogP contribution in [0.3, 0.4) is 0 Å². The smallest absolute Gasteiger partial charge is 0.307 e. The van der Waals surface area contributed by atoms with Crippen LogP contribution in [0.1, 0.15) is 34.2 Å². The predicted octanol–water partition coefficient (Wildman–Crippen LogP) is 4.00. The van der Waals surface area contributed by atoms with Gasteiger partial charge in [-0.1, -0.05) is 54.1 Å². The van der Waals surface area contributed by atoms with Crippen molar-refractivity contribution in [2.45, 2.75) is 26.2 Å². The lowest BCUT2D eigenvalue weighted by molar-refractivity contribution is -0.136. The van der Waals surface area contributed by atoms with E-state index in [9.17, 15) is 4.79 Å². The maximum atomic E-state index is 11.1. The second-order valence-electron chi connectivity index (χ2n) is 5.54. The van der Waals surface area contributed by atoms with Crippen molar-refractivity contribution in [3.05, 3.63) is 76.4 Å². The molecule has 2 nitrogen and oxygen atoms in total. The molecule has 0 saturated carbocycles. The molecule has 0 heterocycles. The summed E-state index contributed by atoms with van der Waals surface area (Å²) in [5, 5.41) is 9.13. The zero-order valence-electron chi connectivity index (χ0n) is 12.1. The van der Waals surface area contributed by atoms with Gasteiger partial charge in [-0.05, 0) is 47.6 Å². The molecule has 3 rings (SSSR count). The van der Waals surface area contributed by atoms with E-state index in [2.05, 4.69) is 30.3 Å². The average molecular weight is 278 g/mol. The van der Waals surface area contributed by atoms with Gasteiger partial charge >= 0.3 is 5.97 Å². The Labute approximate surface area is 124 Å². The molecular formula is C19H18O2. The summed E-state index contributed by atoms with van der Waals surface area (Å²) in [4.78, 5) is 11.1. The van der Waals surface area contributed by atoms with Crippen LogP contribution in [0.25, 0.3) is 5.57 Å². The van der Waals surface area contributed by atoms with Crippen LogP contribution in [0.2, 0.25) is 0 Å². The summed E-state index contributed by atoms with van der Waals surface area (Å²) >= 11 is 0. The molecule has 0 aromatic heterocycles. The lowest BCUT2D eigenvalue weighted by Crippen LogP contribution is -2.07. The van der Waals surface area contributed by atoms with Crippen LogP contribution in [0.15, 0.2) is 48.5 Å². The predicted molar refractivity (Wildman–Crippen MR) is 84.4 cm³/mol. The van der Waals surface area contributed by atoms with E-state index < -0.39 is 5.97 Å². The van der Waals surface area contributed by atoms with Gasteiger partial charge in [0.2, 0.25) is 0 Å². The molecule has 106 valence electrons. The van der Waals surface area contributed by atoms with Crippen molar-refractivity contribution in [1.82, 2.24) is 0 Å². The van der Waals surface area contributed by atoms with E-state index in [0.717, 1.165) is 29.5 Å². The number of carboxylic acids is 1. The van der Waals surface area contributed by atoms with Crippen LogP contribution in [-0.2, 0) is 17.6 Å². The van der Waals surface area contributed by atoms with Crippen molar-refractivity contribution in [1.29, 1.82) is 0 Å². The van der Waals surface area contributed by atoms with Gasteiger partial charge in [-0.2, -0.15) is 0 Å². The lowest BCUT2D eigenvalue weighted by atomic mass is 9.84. The van der Waals surface area contributed by atoms with E-state index in [4.69, 9.17) is 5.11 Å². The van der Waals surface area contributed by atoms with Crippen molar-refractivity contribution in [3.63, 3.8) is 0 Å². The van der Waals surface area contributed by atoms with E-state index >= 15 is 0 Å². The molecule has 2 aromatic rings. The van der Waals surface area contributed by atoms with Crippen molar-refractivity contribution >= 4 is 11.5 Å². The Hall–Kier alpha value is -2.35. The minimum Gasteiger partial charge on any atom is -0.481 e. The maximum Gasteiger partial charge on any atom is 0.307 e. The number of aliphatic carboxylic acids is 1. The molecule has 0 atom stereocenters. The minimum atomic E-state index is -0.787. The molecule has 0 radical (unpaired) electrons. The molecular weight excluding hydrogens is 260 g/mol. The highest BCUT2D eigenvalue weighted by Gasteiger charge is 2.17. The van der Waals surface area contributed by atoms with Gasteiger partial charge in [-0.15, -0.1) is 0 Å². The van der Waals surface area contributed by atoms with E-state index in [1.54, 1.807) is 0 Å². The summed E-state index contributed by atoms with van der Waals surface area (Å²) in [6.07, 6.45) is 4.37. The number of carboxylic acid groups (broad SMARTS) is 1. The van der Waals surface area contributed by atoms with Crippen LogP contribution in [0.5, 0.6) is 0 Å². The normalized spacial score (nSPS) is 13.5. The zero-order valence-corrected chi connectivity index (χ0v) is 12.1. The summed E-state index contributed by atoms with van der Waals surface area (Å²) in [5.41, 5.74) is 6.86. The second-order valence-corrected chi connectivity index (χ2v) is 5.54. The number of carbonyl (C=O) groups is 1. The highest BCUT2D eigenvalue weighted by Crippen LogP contribution is 2.34. The number of hydrogen-bond donors (Lipinski definition) is 1. The van der Waals surface area contributed by atoms with Gasteiger partial charge in [0, 0.05) is 0 Å². The Kier molecular flexibility index (Phi) is 3.61. The van der Waals surface area contributed by atoms with Crippen LogP contribution in [-0.4, -0.2) is 11.1 Å². The van der Waals surface area contributed by atoms with Gasteiger partial charge in [-0.3, -0.25) is 4.79 Å². The Morgan fingerprint density at radius 3 is 2.76 bits per heavy atom. The molecule has 0 amide bonds. The molecule has 0 fully saturated rings. The molecule has 0 unspecified atom stereocenters. The van der Waals surface area contributed by atoms with Gasteiger partial charge < -0.3 is 5.11 Å². The first-order valence-electron chi connectivity index (χ1n) is 7.25. The summed E-state index contributed by atoms with van der Waals surface area (Å²) < 4.78 is 0. The number of benzene rings is 2. The molecule has 1 aliphatic carbocycles. The lowest BCUT2D eigenvalue weighted by Gasteiger charge is -2.20. The molecule has 0 bridgehead atoms. The van der Waals surface area contributed by atoms with E-state index in [0.29, 0.717) is 0 Å². The number of rotatable bonds is 3. The van der Waals surface area contributed by atoms with E-state index in [1.165, 1.54) is 16.7 Å². The van der Waals surface area contributed by atoms with Gasteiger partial charge in [0.15, 0.2) is 0 Å². The third-order valence-electron chi connectivity index (χ3n) is 3.97. The molecule has 21 heavy (non-hydrogen) atoms. The summed E-state index contributed by atoms with van der Waals surface area (Å²) in [6.45, 7) is 2.04. The Morgan fingerprint density at radius 2 is 1.95 bits per heavy atom. The van der Waals surface area contributed by atoms with Gasteiger partial charge in [0.25, 0.3) is 0 Å². The maximum absolute atomic E-state index is 11.1. The van der Waals surface area contributed by atoms with E-state index in [1.807, 2.05) is 25.1 Å². The first-order chi connectivity index (χ1) is 10.1. The first-order valence-corrected chi connectivity index (χ1v) is 7.25. The Bertz CT molecular complexity index is 726. The largest absolute Gasteiger partial charge is 0.481 e. The molecule has 0 saturated heterocycles. The monoisotopic (exact) mass is 278 g/mol. The highest BCUT2D eigenvalue weighted by atomic mass is 16.4. The Morgan fingerprint density at radius 1 is 1.14 bits per heavy atom. The first kappa shape index (κ1) is 13.6. The molecule has 1 aliphatic rings. The number of allylic oxidation sites excluding steroid dienone is 1. The van der Waals surface area contributed by atoms with Gasteiger partial charge in [0.1, 0.15) is 0 Å².